The van der Waals surface area contributed by atoms with Crippen molar-refractivity contribution < 1.29 is 19.4 Å². The van der Waals surface area contributed by atoms with Gasteiger partial charge in [-0.25, -0.2) is 4.79 Å². The zero-order chi connectivity index (χ0) is 18.9. The average molecular weight is 374 g/mol. The van der Waals surface area contributed by atoms with Gasteiger partial charge in [-0.15, -0.1) is 0 Å². The van der Waals surface area contributed by atoms with Crippen LogP contribution in [0.1, 0.15) is 35.3 Å². The van der Waals surface area contributed by atoms with Gasteiger partial charge in [-0.1, -0.05) is 41.9 Å². The van der Waals surface area contributed by atoms with E-state index in [1.54, 1.807) is 18.2 Å². The molecule has 0 saturated heterocycles. The molecular formula is C20H20ClNO4. The molecule has 0 fully saturated rings. The van der Waals surface area contributed by atoms with Crippen molar-refractivity contribution >= 4 is 23.5 Å². The molecule has 0 spiro atoms. The van der Waals surface area contributed by atoms with Crippen LogP contribution in [0.15, 0.2) is 42.5 Å². The van der Waals surface area contributed by atoms with E-state index in [4.69, 9.17) is 16.3 Å². The third-order valence-electron chi connectivity index (χ3n) is 4.43. The second kappa shape index (κ2) is 7.00. The van der Waals surface area contributed by atoms with E-state index in [-0.39, 0.29) is 30.3 Å². The Bertz CT molecular complexity index is 838. The Morgan fingerprint density at radius 1 is 1.12 bits per heavy atom. The zero-order valence-corrected chi connectivity index (χ0v) is 15.3. The highest BCUT2D eigenvalue weighted by Gasteiger charge is 2.45. The number of para-hydroxylation sites is 1. The van der Waals surface area contributed by atoms with Gasteiger partial charge in [0.1, 0.15) is 5.54 Å². The van der Waals surface area contributed by atoms with Crippen molar-refractivity contribution in [3.63, 3.8) is 0 Å². The second-order valence-electron chi connectivity index (χ2n) is 6.75. The van der Waals surface area contributed by atoms with E-state index >= 15 is 0 Å². The summed E-state index contributed by atoms with van der Waals surface area (Å²) in [6, 6.07) is 12.4. The lowest BCUT2D eigenvalue weighted by molar-refractivity contribution is -0.144. The van der Waals surface area contributed by atoms with Gasteiger partial charge in [0.05, 0.1) is 16.7 Å². The largest absolute Gasteiger partial charge is 0.489 e. The molecule has 2 aromatic rings. The molecule has 0 aliphatic heterocycles. The zero-order valence-electron chi connectivity index (χ0n) is 14.6. The minimum Gasteiger partial charge on any atom is -0.489 e. The van der Waals surface area contributed by atoms with Crippen molar-refractivity contribution in [2.24, 2.45) is 0 Å². The summed E-state index contributed by atoms with van der Waals surface area (Å²) in [5.74, 6) is -1.31. The van der Waals surface area contributed by atoms with Gasteiger partial charge in [0.25, 0.3) is 5.91 Å². The van der Waals surface area contributed by atoms with Crippen LogP contribution < -0.4 is 10.1 Å². The number of carboxylic acid groups (broad SMARTS) is 1. The molecule has 0 heterocycles. The summed E-state index contributed by atoms with van der Waals surface area (Å²) >= 11 is 6.18. The molecule has 3 rings (SSSR count). The Kier molecular flexibility index (Phi) is 4.92. The number of rotatable bonds is 5. The Labute approximate surface area is 156 Å². The van der Waals surface area contributed by atoms with Gasteiger partial charge in [-0.05, 0) is 37.1 Å². The lowest BCUT2D eigenvalue weighted by Crippen LogP contribution is -2.55. The molecule has 0 radical (unpaired) electrons. The molecule has 0 saturated carbocycles. The maximum atomic E-state index is 12.9. The van der Waals surface area contributed by atoms with Gasteiger partial charge in [0, 0.05) is 12.8 Å². The third-order valence-corrected chi connectivity index (χ3v) is 4.73. The number of nitrogens with one attached hydrogen (secondary N) is 1. The highest BCUT2D eigenvalue weighted by molar-refractivity contribution is 6.32. The van der Waals surface area contributed by atoms with Crippen LogP contribution in [0.2, 0.25) is 5.02 Å². The van der Waals surface area contributed by atoms with Crippen LogP contribution in [-0.2, 0) is 17.6 Å². The highest BCUT2D eigenvalue weighted by atomic mass is 35.5. The number of hydrogen-bond acceptors (Lipinski definition) is 3. The molecule has 5 nitrogen and oxygen atoms in total. The third kappa shape index (κ3) is 3.40. The molecule has 26 heavy (non-hydrogen) atoms. The maximum absolute atomic E-state index is 12.9. The monoisotopic (exact) mass is 373 g/mol. The van der Waals surface area contributed by atoms with Crippen LogP contribution in [-0.4, -0.2) is 28.6 Å². The van der Waals surface area contributed by atoms with Gasteiger partial charge in [0.15, 0.2) is 5.75 Å². The molecule has 1 amide bonds. The molecule has 0 aromatic heterocycles. The molecule has 2 N–H and O–H groups in total. The van der Waals surface area contributed by atoms with Crippen molar-refractivity contribution in [2.45, 2.75) is 38.3 Å². The summed E-state index contributed by atoms with van der Waals surface area (Å²) < 4.78 is 5.68. The summed E-state index contributed by atoms with van der Waals surface area (Å²) in [5.41, 5.74) is 0.709. The Morgan fingerprint density at radius 3 is 2.27 bits per heavy atom. The summed E-state index contributed by atoms with van der Waals surface area (Å²) in [5, 5.41) is 12.9. The predicted molar refractivity (Wildman–Crippen MR) is 98.9 cm³/mol. The number of carbonyl (C=O) groups is 2. The van der Waals surface area contributed by atoms with Crippen molar-refractivity contribution in [3.05, 3.63) is 64.2 Å². The van der Waals surface area contributed by atoms with E-state index in [0.717, 1.165) is 11.1 Å². The fourth-order valence-electron chi connectivity index (χ4n) is 3.24. The Morgan fingerprint density at radius 2 is 1.73 bits per heavy atom. The molecule has 136 valence electrons. The van der Waals surface area contributed by atoms with Crippen LogP contribution in [0.5, 0.6) is 5.75 Å². The smallest absolute Gasteiger partial charge is 0.330 e. The number of hydrogen-bond donors (Lipinski definition) is 2. The van der Waals surface area contributed by atoms with Crippen molar-refractivity contribution in [1.82, 2.24) is 5.32 Å². The van der Waals surface area contributed by atoms with Crippen LogP contribution in [0.25, 0.3) is 0 Å². The predicted octanol–water partition coefficient (Wildman–Crippen LogP) is 3.48. The number of halogens is 1. The Balaban J connectivity index is 1.92. The van der Waals surface area contributed by atoms with Crippen LogP contribution in [0, 0.1) is 0 Å². The average Bonchev–Trinajstić information content (AvgIpc) is 2.95. The summed E-state index contributed by atoms with van der Waals surface area (Å²) in [4.78, 5) is 24.9. The number of aliphatic carboxylic acids is 1. The first kappa shape index (κ1) is 18.3. The molecular weight excluding hydrogens is 354 g/mol. The molecule has 0 bridgehead atoms. The maximum Gasteiger partial charge on any atom is 0.330 e. The lowest BCUT2D eigenvalue weighted by Gasteiger charge is -2.26. The molecule has 1 aliphatic rings. The van der Waals surface area contributed by atoms with E-state index in [0.29, 0.717) is 5.02 Å². The Hall–Kier alpha value is -2.53. The van der Waals surface area contributed by atoms with Gasteiger partial charge in [-0.2, -0.15) is 0 Å². The summed E-state index contributed by atoms with van der Waals surface area (Å²) in [7, 11) is 0. The summed E-state index contributed by atoms with van der Waals surface area (Å²) in [6.07, 6.45) is 0.307. The van der Waals surface area contributed by atoms with E-state index in [9.17, 15) is 14.7 Å². The number of carbonyl (C=O) groups excluding carboxylic acids is 1. The molecule has 1 aliphatic carbocycles. The first-order chi connectivity index (χ1) is 12.3. The number of fused-ring (bicyclic) bond motifs is 1. The van der Waals surface area contributed by atoms with Crippen LogP contribution in [0.4, 0.5) is 0 Å². The van der Waals surface area contributed by atoms with Gasteiger partial charge in [0.2, 0.25) is 0 Å². The minimum atomic E-state index is -1.38. The number of amides is 1. The number of benzene rings is 2. The second-order valence-corrected chi connectivity index (χ2v) is 7.15. The van der Waals surface area contributed by atoms with Crippen molar-refractivity contribution in [3.8, 4) is 5.75 Å². The van der Waals surface area contributed by atoms with Gasteiger partial charge < -0.3 is 15.2 Å². The van der Waals surface area contributed by atoms with Gasteiger partial charge >= 0.3 is 5.97 Å². The quantitative estimate of drug-likeness (QED) is 0.841. The SMILES string of the molecule is CC(C)Oc1c(Cl)cccc1C(=O)NC1(C(=O)O)Cc2ccccc2C1. The van der Waals surface area contributed by atoms with E-state index in [2.05, 4.69) is 5.32 Å². The number of carboxylic acids is 1. The fourth-order valence-corrected chi connectivity index (χ4v) is 3.46. The van der Waals surface area contributed by atoms with E-state index in [1.165, 1.54) is 0 Å². The summed E-state index contributed by atoms with van der Waals surface area (Å²) in [6.45, 7) is 3.66. The normalized spacial score (nSPS) is 14.8. The van der Waals surface area contributed by atoms with Gasteiger partial charge in [-0.3, -0.25) is 4.79 Å². The minimum absolute atomic E-state index is 0.175. The standard InChI is InChI=1S/C20H20ClNO4/c1-12(2)26-17-15(8-5-9-16(17)21)18(23)22-20(19(24)25)10-13-6-3-4-7-14(13)11-20/h3-9,12H,10-11H2,1-2H3,(H,22,23)(H,24,25). The first-order valence-electron chi connectivity index (χ1n) is 8.40. The number of ether oxygens (including phenoxy) is 1. The molecule has 2 aromatic carbocycles. The highest BCUT2D eigenvalue weighted by Crippen LogP contribution is 2.33. The first-order valence-corrected chi connectivity index (χ1v) is 8.78. The van der Waals surface area contributed by atoms with E-state index < -0.39 is 17.4 Å². The molecule has 6 heteroatoms. The van der Waals surface area contributed by atoms with Crippen molar-refractivity contribution in [2.75, 3.05) is 0 Å². The lowest BCUT2D eigenvalue weighted by atomic mass is 9.95. The molecule has 0 unspecified atom stereocenters. The van der Waals surface area contributed by atoms with E-state index in [1.807, 2.05) is 38.1 Å². The topological polar surface area (TPSA) is 75.6 Å². The van der Waals surface area contributed by atoms with Crippen LogP contribution >= 0.6 is 11.6 Å². The fraction of sp³-hybridized carbons (Fsp3) is 0.300. The van der Waals surface area contributed by atoms with Crippen LogP contribution in [0.3, 0.4) is 0 Å². The molecule has 0 atom stereocenters. The van der Waals surface area contributed by atoms with Crippen molar-refractivity contribution in [1.29, 1.82) is 0 Å².